The van der Waals surface area contributed by atoms with Crippen LogP contribution in [0.1, 0.15) is 62.6 Å². The van der Waals surface area contributed by atoms with E-state index in [1.165, 1.54) is 12.8 Å². The van der Waals surface area contributed by atoms with E-state index in [9.17, 15) is 9.59 Å². The Bertz CT molecular complexity index is 890. The summed E-state index contributed by atoms with van der Waals surface area (Å²) >= 11 is 0. The van der Waals surface area contributed by atoms with E-state index < -0.39 is 0 Å². The molecule has 0 unspecified atom stereocenters. The first kappa shape index (κ1) is 19.2. The molecule has 1 amide bonds. The van der Waals surface area contributed by atoms with Gasteiger partial charge in [0.25, 0.3) is 0 Å². The number of hydrogen-bond donors (Lipinski definition) is 2. The number of pyridine rings is 1. The number of aromatic amines is 1. The van der Waals surface area contributed by atoms with Crippen molar-refractivity contribution < 1.29 is 9.53 Å². The van der Waals surface area contributed by atoms with Gasteiger partial charge in [0.1, 0.15) is 0 Å². The average molecular weight is 383 g/mol. The molecule has 0 atom stereocenters. The topological polar surface area (TPSA) is 71.2 Å². The zero-order valence-electron chi connectivity index (χ0n) is 16.6. The molecule has 5 heteroatoms. The maximum absolute atomic E-state index is 12.5. The number of amides is 1. The number of nitrogens with one attached hydrogen (secondary N) is 2. The monoisotopic (exact) mass is 382 g/mol. The minimum Gasteiger partial charge on any atom is -0.372 e. The SMILES string of the molecule is Cc1c(COC2CCC(NC(=O)C3CCCC3)CC2)[nH]c2ccccc2c1=O. The van der Waals surface area contributed by atoms with E-state index in [1.54, 1.807) is 0 Å². The fraction of sp³-hybridized carbons (Fsp3) is 0.565. The molecule has 5 nitrogen and oxygen atoms in total. The maximum Gasteiger partial charge on any atom is 0.223 e. The molecule has 2 N–H and O–H groups in total. The van der Waals surface area contributed by atoms with Crippen LogP contribution >= 0.6 is 0 Å². The van der Waals surface area contributed by atoms with Crippen molar-refractivity contribution in [2.24, 2.45) is 5.92 Å². The van der Waals surface area contributed by atoms with Gasteiger partial charge in [-0.3, -0.25) is 9.59 Å². The van der Waals surface area contributed by atoms with E-state index in [1.807, 2.05) is 31.2 Å². The lowest BCUT2D eigenvalue weighted by Crippen LogP contribution is -2.41. The van der Waals surface area contributed by atoms with Crippen LogP contribution in [0.4, 0.5) is 0 Å². The Balaban J connectivity index is 1.30. The van der Waals surface area contributed by atoms with E-state index in [4.69, 9.17) is 4.74 Å². The molecule has 0 saturated heterocycles. The van der Waals surface area contributed by atoms with Gasteiger partial charge in [0.2, 0.25) is 5.91 Å². The fourth-order valence-corrected chi connectivity index (χ4v) is 4.61. The number of ether oxygens (including phenoxy) is 1. The van der Waals surface area contributed by atoms with Crippen LogP contribution in [-0.2, 0) is 16.1 Å². The van der Waals surface area contributed by atoms with Crippen molar-refractivity contribution in [3.8, 4) is 0 Å². The van der Waals surface area contributed by atoms with Crippen LogP contribution in [0, 0.1) is 12.8 Å². The summed E-state index contributed by atoms with van der Waals surface area (Å²) in [5.41, 5.74) is 2.53. The smallest absolute Gasteiger partial charge is 0.223 e. The molecule has 28 heavy (non-hydrogen) atoms. The van der Waals surface area contributed by atoms with E-state index in [0.29, 0.717) is 6.61 Å². The number of fused-ring (bicyclic) bond motifs is 1. The van der Waals surface area contributed by atoms with Gasteiger partial charge in [0.05, 0.1) is 12.7 Å². The molecule has 1 heterocycles. The molecule has 150 valence electrons. The second kappa shape index (κ2) is 8.48. The van der Waals surface area contributed by atoms with Crippen molar-refractivity contribution in [1.82, 2.24) is 10.3 Å². The Morgan fingerprint density at radius 2 is 1.82 bits per heavy atom. The molecule has 0 spiro atoms. The van der Waals surface area contributed by atoms with Crippen molar-refractivity contribution >= 4 is 16.8 Å². The zero-order valence-corrected chi connectivity index (χ0v) is 16.6. The van der Waals surface area contributed by atoms with Crippen molar-refractivity contribution in [2.75, 3.05) is 0 Å². The highest BCUT2D eigenvalue weighted by Gasteiger charge is 2.27. The standard InChI is InChI=1S/C23H30N2O3/c1-15-21(25-20-9-5-4-8-19(20)22(15)26)14-28-18-12-10-17(11-13-18)24-23(27)16-6-2-3-7-16/h4-5,8-9,16-18H,2-3,6-7,10-14H2,1H3,(H,24,27)(H,25,26). The number of carbonyl (C=O) groups is 1. The Kier molecular flexibility index (Phi) is 5.81. The van der Waals surface area contributed by atoms with Gasteiger partial charge in [0.15, 0.2) is 5.43 Å². The summed E-state index contributed by atoms with van der Waals surface area (Å²) in [7, 11) is 0. The highest BCUT2D eigenvalue weighted by Crippen LogP contribution is 2.27. The number of para-hydroxylation sites is 1. The van der Waals surface area contributed by atoms with Crippen LogP contribution in [0.25, 0.3) is 10.9 Å². The first-order chi connectivity index (χ1) is 13.6. The number of aromatic nitrogens is 1. The molecule has 2 aliphatic carbocycles. The third-order valence-electron chi connectivity index (χ3n) is 6.46. The average Bonchev–Trinajstić information content (AvgIpc) is 3.26. The van der Waals surface area contributed by atoms with Gasteiger partial charge in [0, 0.05) is 34.1 Å². The summed E-state index contributed by atoms with van der Waals surface area (Å²) in [5, 5.41) is 3.97. The Morgan fingerprint density at radius 1 is 1.11 bits per heavy atom. The number of carbonyl (C=O) groups excluding carboxylic acids is 1. The molecule has 2 aliphatic rings. The molecule has 0 bridgehead atoms. The van der Waals surface area contributed by atoms with Gasteiger partial charge in [-0.2, -0.15) is 0 Å². The Hall–Kier alpha value is -2.14. The van der Waals surface area contributed by atoms with Gasteiger partial charge in [-0.1, -0.05) is 25.0 Å². The predicted octanol–water partition coefficient (Wildman–Crippen LogP) is 3.97. The van der Waals surface area contributed by atoms with Crippen LogP contribution < -0.4 is 10.7 Å². The molecule has 2 fully saturated rings. The lowest BCUT2D eigenvalue weighted by Gasteiger charge is -2.30. The Labute approximate surface area is 165 Å². The number of benzene rings is 1. The van der Waals surface area contributed by atoms with E-state index in [0.717, 1.165) is 60.7 Å². The molecular weight excluding hydrogens is 352 g/mol. The molecular formula is C23H30N2O3. The first-order valence-electron chi connectivity index (χ1n) is 10.6. The van der Waals surface area contributed by atoms with E-state index >= 15 is 0 Å². The number of hydrogen-bond acceptors (Lipinski definition) is 3. The highest BCUT2D eigenvalue weighted by molar-refractivity contribution is 5.79. The molecule has 2 aromatic rings. The largest absolute Gasteiger partial charge is 0.372 e. The van der Waals surface area contributed by atoms with Gasteiger partial charge in [-0.15, -0.1) is 0 Å². The second-order valence-electron chi connectivity index (χ2n) is 8.38. The third-order valence-corrected chi connectivity index (χ3v) is 6.46. The summed E-state index contributed by atoms with van der Waals surface area (Å²) in [6.45, 7) is 2.29. The van der Waals surface area contributed by atoms with Crippen molar-refractivity contribution in [2.45, 2.75) is 77.0 Å². The summed E-state index contributed by atoms with van der Waals surface area (Å²) in [6, 6.07) is 7.89. The fourth-order valence-electron chi connectivity index (χ4n) is 4.61. The molecule has 1 aromatic heterocycles. The minimum atomic E-state index is 0.0753. The molecule has 4 rings (SSSR count). The third kappa shape index (κ3) is 4.14. The second-order valence-corrected chi connectivity index (χ2v) is 8.38. The van der Waals surface area contributed by atoms with Gasteiger partial charge < -0.3 is 15.0 Å². The highest BCUT2D eigenvalue weighted by atomic mass is 16.5. The molecule has 0 radical (unpaired) electrons. The predicted molar refractivity (Wildman–Crippen MR) is 110 cm³/mol. The van der Waals surface area contributed by atoms with Crippen molar-refractivity contribution in [3.63, 3.8) is 0 Å². The molecule has 0 aliphatic heterocycles. The van der Waals surface area contributed by atoms with Crippen LogP contribution in [0.15, 0.2) is 29.1 Å². The van der Waals surface area contributed by atoms with Crippen molar-refractivity contribution in [3.05, 3.63) is 45.7 Å². The lowest BCUT2D eigenvalue weighted by molar-refractivity contribution is -0.126. The molecule has 1 aromatic carbocycles. The quantitative estimate of drug-likeness (QED) is 0.822. The van der Waals surface area contributed by atoms with Gasteiger partial charge >= 0.3 is 0 Å². The van der Waals surface area contributed by atoms with Crippen LogP contribution in [0.5, 0.6) is 0 Å². The Morgan fingerprint density at radius 3 is 2.57 bits per heavy atom. The lowest BCUT2D eigenvalue weighted by atomic mass is 9.92. The zero-order chi connectivity index (χ0) is 19.5. The summed E-state index contributed by atoms with van der Waals surface area (Å²) in [5.74, 6) is 0.493. The number of rotatable bonds is 5. The maximum atomic E-state index is 12.5. The number of H-pyrrole nitrogens is 1. The summed E-state index contributed by atoms with van der Waals surface area (Å²) < 4.78 is 6.12. The van der Waals surface area contributed by atoms with Crippen LogP contribution in [-0.4, -0.2) is 23.0 Å². The van der Waals surface area contributed by atoms with E-state index in [-0.39, 0.29) is 29.4 Å². The first-order valence-corrected chi connectivity index (χ1v) is 10.6. The van der Waals surface area contributed by atoms with Gasteiger partial charge in [-0.05, 0) is 57.6 Å². The van der Waals surface area contributed by atoms with Crippen LogP contribution in [0.2, 0.25) is 0 Å². The van der Waals surface area contributed by atoms with Crippen molar-refractivity contribution in [1.29, 1.82) is 0 Å². The van der Waals surface area contributed by atoms with Crippen LogP contribution in [0.3, 0.4) is 0 Å². The minimum absolute atomic E-state index is 0.0753. The normalized spacial score (nSPS) is 23.2. The molecule has 2 saturated carbocycles. The van der Waals surface area contributed by atoms with Gasteiger partial charge in [-0.25, -0.2) is 0 Å². The summed E-state index contributed by atoms with van der Waals surface area (Å²) in [6.07, 6.45) is 8.51. The van der Waals surface area contributed by atoms with E-state index in [2.05, 4.69) is 10.3 Å². The summed E-state index contributed by atoms with van der Waals surface area (Å²) in [4.78, 5) is 28.2.